The minimum atomic E-state index is -0.339. The molecule has 28 heteroatoms. The zero-order valence-electron chi connectivity index (χ0n) is 69.8. The Morgan fingerprint density at radius 1 is 0.341 bits per heavy atom. The van der Waals surface area contributed by atoms with Gasteiger partial charge in [0.25, 0.3) is 35.4 Å². The topological polar surface area (TPSA) is 280 Å². The fourth-order valence-electron chi connectivity index (χ4n) is 16.8. The van der Waals surface area contributed by atoms with E-state index in [0.717, 1.165) is 148 Å². The van der Waals surface area contributed by atoms with Crippen molar-refractivity contribution in [1.82, 2.24) is 66.0 Å². The molecular weight excluding hydrogens is 1570 g/mol. The van der Waals surface area contributed by atoms with Crippen molar-refractivity contribution in [3.63, 3.8) is 0 Å². The van der Waals surface area contributed by atoms with Gasteiger partial charge in [-0.05, 0) is 247 Å². The SMILES string of the molecule is Cc1cc(CCN)cc(C(=O)N2CCN(C(=O)c3ccc(O[C@H]4CCNC4)c(-c4ccc(F)cc4)c3)CC2)c1.Cc1cc(O[C@@H]2CCNC2)cc(C(=O)N2CCN(C(=O)c3cnc(O[C@H]4CCNC4)c(-c4ccc(F)cc4)c3)CC2)c1.Cc1cc(O[C@H]2CCNC2)cc(C(=O)N2CCN(C(=O)c3cnc(O[C@H]4CCNC4)c(-c4ccc(F)cc4)c3)CC2)c1. The van der Waals surface area contributed by atoms with Crippen LogP contribution in [0.1, 0.15) is 117 Å². The summed E-state index contributed by atoms with van der Waals surface area (Å²) in [7, 11) is 0. The number of benzene rings is 7. The zero-order chi connectivity index (χ0) is 85.5. The normalized spacial score (nSPS) is 19.5. The van der Waals surface area contributed by atoms with Crippen LogP contribution < -0.4 is 56.0 Å². The second kappa shape index (κ2) is 40.5. The molecule has 6 amide bonds. The van der Waals surface area contributed by atoms with E-state index in [1.807, 2.05) is 81.4 Å². The van der Waals surface area contributed by atoms with Gasteiger partial charge in [-0.25, -0.2) is 23.1 Å². The highest BCUT2D eigenvalue weighted by molar-refractivity contribution is 6.00. The van der Waals surface area contributed by atoms with Crippen LogP contribution in [0.25, 0.3) is 33.4 Å². The molecule has 0 bridgehead atoms. The van der Waals surface area contributed by atoms with Crippen molar-refractivity contribution in [2.75, 3.05) is 151 Å². The average molecular weight is 1680 g/mol. The first-order valence-electron chi connectivity index (χ1n) is 42.9. The molecule has 2 aromatic heterocycles. The number of aromatic nitrogens is 2. The van der Waals surface area contributed by atoms with Crippen LogP contribution in [0, 0.1) is 38.2 Å². The number of carbonyl (C=O) groups is 6. The van der Waals surface area contributed by atoms with Crippen LogP contribution in [0.3, 0.4) is 0 Å². The van der Waals surface area contributed by atoms with Crippen molar-refractivity contribution in [3.8, 4) is 62.4 Å². The molecule has 0 saturated carbocycles. The number of hydrogen-bond donors (Lipinski definition) is 6. The number of nitrogens with two attached hydrogens (primary N) is 1. The van der Waals surface area contributed by atoms with E-state index in [1.165, 1.54) is 36.4 Å². The van der Waals surface area contributed by atoms with Gasteiger partial charge in [-0.15, -0.1) is 0 Å². The Labute approximate surface area is 715 Å². The third-order valence-electron chi connectivity index (χ3n) is 23.4. The summed E-state index contributed by atoms with van der Waals surface area (Å²) in [6, 6.07) is 44.6. The lowest BCUT2D eigenvalue weighted by Crippen LogP contribution is -2.50. The van der Waals surface area contributed by atoms with Crippen LogP contribution in [-0.4, -0.2) is 256 Å². The van der Waals surface area contributed by atoms with Crippen LogP contribution in [-0.2, 0) is 6.42 Å². The predicted octanol–water partition coefficient (Wildman–Crippen LogP) is 10.2. The number of amides is 6. The van der Waals surface area contributed by atoms with Crippen LogP contribution in [0.15, 0.2) is 170 Å². The Morgan fingerprint density at radius 3 is 0.984 bits per heavy atom. The van der Waals surface area contributed by atoms with E-state index in [-0.39, 0.29) is 83.4 Å². The summed E-state index contributed by atoms with van der Waals surface area (Å²) in [5.74, 6) is 1.37. The van der Waals surface area contributed by atoms with Crippen molar-refractivity contribution >= 4 is 35.4 Å². The summed E-state index contributed by atoms with van der Waals surface area (Å²) in [6.07, 6.45) is 8.59. The first-order valence-corrected chi connectivity index (χ1v) is 42.9. The van der Waals surface area contributed by atoms with Crippen molar-refractivity contribution in [1.29, 1.82) is 0 Å². The minimum Gasteiger partial charge on any atom is -0.489 e. The maximum atomic E-state index is 13.6. The maximum Gasteiger partial charge on any atom is 0.255 e. The van der Waals surface area contributed by atoms with E-state index in [1.54, 1.807) is 96.4 Å². The molecule has 9 aromatic rings. The highest BCUT2D eigenvalue weighted by Gasteiger charge is 2.34. The van der Waals surface area contributed by atoms with Crippen molar-refractivity contribution in [3.05, 3.63) is 243 Å². The van der Waals surface area contributed by atoms with Gasteiger partial charge in [0.15, 0.2) is 0 Å². The molecule has 7 aromatic carbocycles. The number of aryl methyl sites for hydroxylation is 3. The Bertz CT molecular complexity index is 4990. The molecule has 8 fully saturated rings. The minimum absolute atomic E-state index is 0.0142. The number of nitrogens with zero attached hydrogens (tertiary/aromatic N) is 8. The molecule has 5 atom stereocenters. The molecular formula is C95H107F3N14O11. The van der Waals surface area contributed by atoms with E-state index >= 15 is 0 Å². The standard InChI is InChI=1S/2C32H36FN5O4.C31H35FN4O3/c2*1-21-14-23(16-28(15-21)41-26-6-8-34-19-26)31(39)37-10-12-38(13-11-37)32(40)24-17-29(22-2-4-25(33)5-3-22)30(36-18-24)42-27-7-9-35-20-27;1-21-16-22(8-10-33)18-25(17-21)31(38)36-14-12-35(13-15-36)30(37)24-4-7-29(39-27-9-11-34-20-27)28(19-24)23-2-5-26(32)6-3-23/h2*2-5,14-18,26-27,34-35H,6-13,19-20H2,1H3;2-7,16-19,27,34H,8-15,20,33H2,1H3/t26-,27+;26-,27-;27-/m100/s1. The van der Waals surface area contributed by atoms with Crippen LogP contribution in [0.5, 0.6) is 29.0 Å². The molecule has 0 radical (unpaired) electrons. The van der Waals surface area contributed by atoms with E-state index in [0.29, 0.717) is 159 Å². The lowest BCUT2D eigenvalue weighted by Gasteiger charge is -2.35. The molecule has 8 saturated heterocycles. The van der Waals surface area contributed by atoms with Crippen LogP contribution in [0.2, 0.25) is 0 Å². The number of hydrogen-bond acceptors (Lipinski definition) is 19. The Morgan fingerprint density at radius 2 is 0.642 bits per heavy atom. The third-order valence-corrected chi connectivity index (χ3v) is 23.4. The number of piperazine rings is 3. The summed E-state index contributed by atoms with van der Waals surface area (Å²) in [6.45, 7) is 19.9. The zero-order valence-corrected chi connectivity index (χ0v) is 69.8. The quantitative estimate of drug-likeness (QED) is 0.0390. The fraction of sp³-hybridized carbons (Fsp3) is 0.389. The number of halogens is 3. The number of pyridine rings is 2. The van der Waals surface area contributed by atoms with Gasteiger partial charge in [-0.2, -0.15) is 0 Å². The van der Waals surface area contributed by atoms with Gasteiger partial charge in [-0.3, -0.25) is 28.8 Å². The Kier molecular flexibility index (Phi) is 28.4. The number of ether oxygens (including phenoxy) is 5. The fourth-order valence-corrected chi connectivity index (χ4v) is 16.8. The maximum absolute atomic E-state index is 13.6. The van der Waals surface area contributed by atoms with Gasteiger partial charge < -0.3 is 85.4 Å². The van der Waals surface area contributed by atoms with Gasteiger partial charge in [0.1, 0.15) is 65.2 Å². The smallest absolute Gasteiger partial charge is 0.255 e. The van der Waals surface area contributed by atoms with E-state index in [2.05, 4.69) is 42.6 Å². The summed E-state index contributed by atoms with van der Waals surface area (Å²) < 4.78 is 71.7. The van der Waals surface area contributed by atoms with Gasteiger partial charge in [0.2, 0.25) is 11.8 Å². The van der Waals surface area contributed by atoms with Crippen molar-refractivity contribution < 1.29 is 65.6 Å². The van der Waals surface area contributed by atoms with Crippen molar-refractivity contribution in [2.24, 2.45) is 5.73 Å². The van der Waals surface area contributed by atoms with Gasteiger partial charge in [0.05, 0.1) is 11.1 Å². The second-order valence-electron chi connectivity index (χ2n) is 32.6. The molecule has 123 heavy (non-hydrogen) atoms. The summed E-state index contributed by atoms with van der Waals surface area (Å²) in [5, 5.41) is 16.4. The number of rotatable bonds is 21. The van der Waals surface area contributed by atoms with E-state index < -0.39 is 0 Å². The van der Waals surface area contributed by atoms with Crippen LogP contribution in [0.4, 0.5) is 13.2 Å². The average Bonchev–Trinajstić information content (AvgIpc) is 1.32. The molecule has 0 spiro atoms. The Balaban J connectivity index is 0.000000143. The predicted molar refractivity (Wildman–Crippen MR) is 462 cm³/mol. The number of carbonyl (C=O) groups excluding carboxylic acids is 6. The second-order valence-corrected chi connectivity index (χ2v) is 32.6. The lowest BCUT2D eigenvalue weighted by atomic mass is 10.0. The highest BCUT2D eigenvalue weighted by atomic mass is 19.1. The van der Waals surface area contributed by atoms with Crippen LogP contribution >= 0.6 is 0 Å². The lowest BCUT2D eigenvalue weighted by molar-refractivity contribution is 0.0535. The van der Waals surface area contributed by atoms with Gasteiger partial charge >= 0.3 is 0 Å². The van der Waals surface area contributed by atoms with E-state index in [9.17, 15) is 41.9 Å². The Hall–Kier alpha value is -11.8. The first kappa shape index (κ1) is 86.2. The summed E-state index contributed by atoms with van der Waals surface area (Å²) >= 11 is 0. The largest absolute Gasteiger partial charge is 0.489 e. The van der Waals surface area contributed by atoms with Crippen molar-refractivity contribution in [2.45, 2.75) is 89.8 Å². The molecule has 0 unspecified atom stereocenters. The molecule has 644 valence electrons. The molecule has 8 aliphatic rings. The molecule has 8 aliphatic heterocycles. The molecule has 25 nitrogen and oxygen atoms in total. The molecule has 10 heterocycles. The number of nitrogens with one attached hydrogen (secondary N) is 5. The first-order chi connectivity index (χ1) is 59.8. The molecule has 0 aliphatic carbocycles. The van der Waals surface area contributed by atoms with Gasteiger partial charge in [-0.1, -0.05) is 48.0 Å². The van der Waals surface area contributed by atoms with E-state index in [4.69, 9.17) is 29.4 Å². The van der Waals surface area contributed by atoms with Gasteiger partial charge in [0, 0.05) is 163 Å². The third kappa shape index (κ3) is 22.2. The summed E-state index contributed by atoms with van der Waals surface area (Å²) in [4.78, 5) is 100. The molecule has 17 rings (SSSR count). The summed E-state index contributed by atoms with van der Waals surface area (Å²) in [5.41, 5.74) is 17.3. The molecule has 7 N–H and O–H groups in total. The monoisotopic (exact) mass is 1680 g/mol. The highest BCUT2D eigenvalue weighted by Crippen LogP contribution is 2.37.